The Kier molecular flexibility index (Phi) is 9.34. The van der Waals surface area contributed by atoms with Crippen molar-refractivity contribution in [2.75, 3.05) is 29.7 Å². The number of esters is 1. The summed E-state index contributed by atoms with van der Waals surface area (Å²) in [6.45, 7) is 1.96. The lowest BCUT2D eigenvalue weighted by Crippen LogP contribution is -2.49. The molecule has 1 aliphatic heterocycles. The van der Waals surface area contributed by atoms with Crippen LogP contribution in [0.3, 0.4) is 0 Å². The zero-order valence-electron chi connectivity index (χ0n) is 28.1. The van der Waals surface area contributed by atoms with Gasteiger partial charge in [-0.2, -0.15) is 5.11 Å². The molecule has 1 aliphatic rings. The molecule has 11 nitrogen and oxygen atoms in total. The minimum atomic E-state index is -0.788. The molecule has 3 N–H and O–H groups in total. The molecule has 0 aromatic heterocycles. The molecule has 1 atom stereocenters. The number of methoxy groups -OCH3 is 1. The van der Waals surface area contributed by atoms with E-state index >= 15 is 0 Å². The first kappa shape index (κ1) is 32.9. The summed E-state index contributed by atoms with van der Waals surface area (Å²) in [4.78, 5) is 25.0. The second-order valence-electron chi connectivity index (χ2n) is 12.3. The summed E-state index contributed by atoms with van der Waals surface area (Å²) in [5.74, 6) is -0.0548. The fourth-order valence-electron chi connectivity index (χ4n) is 5.95. The van der Waals surface area contributed by atoms with Gasteiger partial charge in [-0.1, -0.05) is 54.6 Å². The van der Waals surface area contributed by atoms with Crippen molar-refractivity contribution in [2.24, 2.45) is 20.5 Å². The molecular formula is C40H35N7O4. The normalized spacial score (nSPS) is 15.1. The third kappa shape index (κ3) is 7.52. The molecule has 7 rings (SSSR count). The van der Waals surface area contributed by atoms with Gasteiger partial charge in [-0.05, 0) is 73.7 Å². The molecule has 0 fully saturated rings. The summed E-state index contributed by atoms with van der Waals surface area (Å²) in [6.07, 6.45) is -0.0460. The van der Waals surface area contributed by atoms with Crippen LogP contribution in [0.4, 0.5) is 39.8 Å². The van der Waals surface area contributed by atoms with E-state index in [-0.39, 0.29) is 25.4 Å². The molecule has 0 saturated heterocycles. The van der Waals surface area contributed by atoms with Crippen molar-refractivity contribution in [1.29, 1.82) is 0 Å². The summed E-state index contributed by atoms with van der Waals surface area (Å²) in [5.41, 5.74) is 4.53. The SMILES string of the molecule is COc1ccc(NC(=O)CCC(=O)OCC2(C)Nc3cccc4c(N=Nc5ccc(N=Nc6ccccc6)c6ccccc56)ccc(c34)N2)cc1. The average Bonchev–Trinajstić information content (AvgIpc) is 3.16. The van der Waals surface area contributed by atoms with Gasteiger partial charge in [-0.25, -0.2) is 0 Å². The van der Waals surface area contributed by atoms with E-state index in [9.17, 15) is 9.59 Å². The van der Waals surface area contributed by atoms with Crippen LogP contribution in [0.5, 0.6) is 5.75 Å². The monoisotopic (exact) mass is 677 g/mol. The number of rotatable bonds is 11. The van der Waals surface area contributed by atoms with Crippen molar-refractivity contribution in [3.8, 4) is 5.75 Å². The van der Waals surface area contributed by atoms with Gasteiger partial charge in [0.2, 0.25) is 5.91 Å². The molecule has 0 saturated carbocycles. The highest BCUT2D eigenvalue weighted by Crippen LogP contribution is 2.43. The number of hydrogen-bond donors (Lipinski definition) is 3. The number of azo groups is 2. The van der Waals surface area contributed by atoms with E-state index in [0.29, 0.717) is 22.8 Å². The number of anilines is 3. The van der Waals surface area contributed by atoms with Crippen LogP contribution in [0.1, 0.15) is 19.8 Å². The molecule has 254 valence electrons. The highest BCUT2D eigenvalue weighted by Gasteiger charge is 2.32. The van der Waals surface area contributed by atoms with E-state index in [4.69, 9.17) is 14.6 Å². The number of amides is 1. The predicted octanol–water partition coefficient (Wildman–Crippen LogP) is 10.3. The summed E-state index contributed by atoms with van der Waals surface area (Å²) in [7, 11) is 1.58. The maximum Gasteiger partial charge on any atom is 0.306 e. The molecular weight excluding hydrogens is 642 g/mol. The van der Waals surface area contributed by atoms with Gasteiger partial charge in [0, 0.05) is 45.0 Å². The first-order valence-electron chi connectivity index (χ1n) is 16.5. The fraction of sp³-hybridized carbons (Fsp3) is 0.150. The van der Waals surface area contributed by atoms with E-state index in [1.165, 1.54) is 0 Å². The molecule has 1 amide bonds. The molecule has 0 bridgehead atoms. The number of carbonyl (C=O) groups excluding carboxylic acids is 2. The first-order chi connectivity index (χ1) is 24.9. The average molecular weight is 678 g/mol. The minimum absolute atomic E-state index is 0.00124. The van der Waals surface area contributed by atoms with Gasteiger partial charge in [0.25, 0.3) is 0 Å². The fourth-order valence-corrected chi connectivity index (χ4v) is 5.95. The van der Waals surface area contributed by atoms with Crippen LogP contribution in [0.15, 0.2) is 142 Å². The third-order valence-corrected chi connectivity index (χ3v) is 8.46. The zero-order valence-corrected chi connectivity index (χ0v) is 28.1. The van der Waals surface area contributed by atoms with Crippen molar-refractivity contribution in [3.63, 3.8) is 0 Å². The van der Waals surface area contributed by atoms with Gasteiger partial charge in [-0.3, -0.25) is 9.59 Å². The molecule has 1 heterocycles. The van der Waals surface area contributed by atoms with E-state index in [0.717, 1.165) is 44.3 Å². The Morgan fingerprint density at radius 1 is 0.647 bits per heavy atom. The van der Waals surface area contributed by atoms with Gasteiger partial charge in [-0.15, -0.1) is 15.3 Å². The lowest BCUT2D eigenvalue weighted by molar-refractivity contribution is -0.145. The molecule has 0 radical (unpaired) electrons. The molecule has 1 unspecified atom stereocenters. The number of benzene rings is 6. The van der Waals surface area contributed by atoms with E-state index in [2.05, 4.69) is 31.3 Å². The molecule has 6 aromatic carbocycles. The molecule has 11 heteroatoms. The minimum Gasteiger partial charge on any atom is -0.497 e. The van der Waals surface area contributed by atoms with E-state index < -0.39 is 11.6 Å². The number of carbonyl (C=O) groups is 2. The van der Waals surface area contributed by atoms with Crippen LogP contribution in [0.25, 0.3) is 21.5 Å². The molecule has 0 aliphatic carbocycles. The molecule has 6 aromatic rings. The van der Waals surface area contributed by atoms with Crippen LogP contribution in [0, 0.1) is 0 Å². The second kappa shape index (κ2) is 14.5. The highest BCUT2D eigenvalue weighted by atomic mass is 16.5. The quantitative estimate of drug-likeness (QED) is 0.0921. The Balaban J connectivity index is 1.02. The summed E-state index contributed by atoms with van der Waals surface area (Å²) >= 11 is 0. The lowest BCUT2D eigenvalue weighted by atomic mass is 9.99. The van der Waals surface area contributed by atoms with Crippen molar-refractivity contribution < 1.29 is 19.1 Å². The molecule has 0 spiro atoms. The van der Waals surface area contributed by atoms with Gasteiger partial charge in [0.05, 0.1) is 36.3 Å². The van der Waals surface area contributed by atoms with Gasteiger partial charge >= 0.3 is 5.97 Å². The predicted molar refractivity (Wildman–Crippen MR) is 200 cm³/mol. The Morgan fingerprint density at radius 3 is 1.92 bits per heavy atom. The summed E-state index contributed by atoms with van der Waals surface area (Å²) < 4.78 is 10.7. The van der Waals surface area contributed by atoms with Crippen LogP contribution in [-0.2, 0) is 14.3 Å². The first-order valence-corrected chi connectivity index (χ1v) is 16.5. The Morgan fingerprint density at radius 2 is 1.24 bits per heavy atom. The highest BCUT2D eigenvalue weighted by molar-refractivity contribution is 6.10. The van der Waals surface area contributed by atoms with Gasteiger partial charge < -0.3 is 25.4 Å². The van der Waals surface area contributed by atoms with Crippen molar-refractivity contribution in [1.82, 2.24) is 0 Å². The van der Waals surface area contributed by atoms with Crippen LogP contribution >= 0.6 is 0 Å². The zero-order chi connectivity index (χ0) is 35.2. The Hall–Kier alpha value is -6.62. The van der Waals surface area contributed by atoms with Crippen molar-refractivity contribution in [2.45, 2.75) is 25.4 Å². The number of nitrogens with one attached hydrogen (secondary N) is 3. The number of ether oxygens (including phenoxy) is 2. The maximum absolute atomic E-state index is 12.6. The number of fused-ring (bicyclic) bond motifs is 1. The lowest BCUT2D eigenvalue weighted by Gasteiger charge is -2.38. The van der Waals surface area contributed by atoms with E-state index in [1.807, 2.05) is 104 Å². The number of hydrogen-bond acceptors (Lipinski definition) is 10. The number of nitrogens with zero attached hydrogens (tertiary/aromatic N) is 4. The van der Waals surface area contributed by atoms with E-state index in [1.54, 1.807) is 31.4 Å². The van der Waals surface area contributed by atoms with Gasteiger partial charge in [0.1, 0.15) is 18.0 Å². The largest absolute Gasteiger partial charge is 0.497 e. The topological polar surface area (TPSA) is 138 Å². The summed E-state index contributed by atoms with van der Waals surface area (Å²) in [5, 5.41) is 31.7. The second-order valence-corrected chi connectivity index (χ2v) is 12.3. The Labute approximate surface area is 294 Å². The maximum atomic E-state index is 12.6. The summed E-state index contributed by atoms with van der Waals surface area (Å²) in [6, 6.07) is 38.2. The van der Waals surface area contributed by atoms with Crippen molar-refractivity contribution in [3.05, 3.63) is 121 Å². The molecule has 51 heavy (non-hydrogen) atoms. The van der Waals surface area contributed by atoms with Crippen LogP contribution < -0.4 is 20.7 Å². The third-order valence-electron chi connectivity index (χ3n) is 8.46. The van der Waals surface area contributed by atoms with Crippen LogP contribution in [-0.4, -0.2) is 31.3 Å². The Bertz CT molecular complexity index is 2280. The van der Waals surface area contributed by atoms with Crippen LogP contribution in [0.2, 0.25) is 0 Å². The van der Waals surface area contributed by atoms with Gasteiger partial charge in [0.15, 0.2) is 0 Å². The smallest absolute Gasteiger partial charge is 0.306 e. The standard InChI is InChI=1S/C40H35N7O4/c1-40(25-51-38(49)24-23-37(48)41-26-15-17-28(50-2)18-16-26)42-35-14-8-13-31-34(21-22-36(43-40)39(31)35)47-46-33-20-19-32(29-11-6-7-12-30(29)33)45-44-27-9-4-3-5-10-27/h3-22,42-43H,23-25H2,1-2H3,(H,41,48). The van der Waals surface area contributed by atoms with Crippen molar-refractivity contribution >= 4 is 73.2 Å².